The third kappa shape index (κ3) is 2.94. The second-order valence-electron chi connectivity index (χ2n) is 6.18. The Morgan fingerprint density at radius 1 is 1.36 bits per heavy atom. The molecule has 1 aliphatic carbocycles. The van der Waals surface area contributed by atoms with Gasteiger partial charge in [-0.25, -0.2) is 0 Å². The van der Waals surface area contributed by atoms with Crippen molar-refractivity contribution in [3.05, 3.63) is 57.3 Å². The van der Waals surface area contributed by atoms with E-state index >= 15 is 0 Å². The molecule has 3 rings (SSSR count). The fourth-order valence-corrected chi connectivity index (χ4v) is 3.80. The maximum Gasteiger partial charge on any atom is 0.251 e. The highest BCUT2D eigenvalue weighted by Gasteiger charge is 2.46. The van der Waals surface area contributed by atoms with Gasteiger partial charge < -0.3 is 10.4 Å². The normalized spacial score (nSPS) is 17.0. The first-order valence-corrected chi connectivity index (χ1v) is 8.50. The molecule has 1 aromatic carbocycles. The van der Waals surface area contributed by atoms with Crippen LogP contribution >= 0.6 is 11.3 Å². The van der Waals surface area contributed by atoms with Gasteiger partial charge in [-0.3, -0.25) is 4.79 Å². The number of aryl methyl sites for hydroxylation is 2. The molecular formula is C18H21NO2S. The summed E-state index contributed by atoms with van der Waals surface area (Å²) in [5.41, 5.74) is 1.85. The van der Waals surface area contributed by atoms with Gasteiger partial charge in [0.2, 0.25) is 0 Å². The Balaban J connectivity index is 1.74. The van der Waals surface area contributed by atoms with Gasteiger partial charge in [-0.05, 0) is 55.7 Å². The Bertz CT molecular complexity index is 676. The minimum Gasteiger partial charge on any atom is -0.382 e. The Kier molecular flexibility index (Phi) is 4.06. The summed E-state index contributed by atoms with van der Waals surface area (Å²) in [5.74, 6) is 0.138. The van der Waals surface area contributed by atoms with Gasteiger partial charge in [0.25, 0.3) is 5.91 Å². The molecule has 22 heavy (non-hydrogen) atoms. The van der Waals surface area contributed by atoms with Crippen LogP contribution in [0.3, 0.4) is 0 Å². The van der Waals surface area contributed by atoms with E-state index in [1.54, 1.807) is 11.3 Å². The molecule has 1 saturated carbocycles. The number of nitrogens with one attached hydrogen (secondary N) is 1. The van der Waals surface area contributed by atoms with Gasteiger partial charge in [-0.1, -0.05) is 23.8 Å². The van der Waals surface area contributed by atoms with Crippen molar-refractivity contribution in [1.82, 2.24) is 5.32 Å². The van der Waals surface area contributed by atoms with Gasteiger partial charge >= 0.3 is 0 Å². The molecule has 4 heteroatoms. The molecule has 1 aliphatic rings. The molecule has 0 bridgehead atoms. The zero-order valence-corrected chi connectivity index (χ0v) is 13.7. The van der Waals surface area contributed by atoms with E-state index in [0.29, 0.717) is 5.56 Å². The van der Waals surface area contributed by atoms with Crippen molar-refractivity contribution in [3.63, 3.8) is 0 Å². The van der Waals surface area contributed by atoms with E-state index < -0.39 is 5.60 Å². The van der Waals surface area contributed by atoms with Crippen LogP contribution in [0.25, 0.3) is 0 Å². The van der Waals surface area contributed by atoms with E-state index in [0.717, 1.165) is 28.8 Å². The summed E-state index contributed by atoms with van der Waals surface area (Å²) in [6.45, 7) is 4.22. The molecule has 0 radical (unpaired) electrons. The molecule has 2 aromatic rings. The van der Waals surface area contributed by atoms with Crippen molar-refractivity contribution < 1.29 is 9.90 Å². The molecule has 0 spiro atoms. The van der Waals surface area contributed by atoms with Crippen LogP contribution in [-0.4, -0.2) is 17.6 Å². The lowest BCUT2D eigenvalue weighted by atomic mass is 9.95. The van der Waals surface area contributed by atoms with Gasteiger partial charge in [0, 0.05) is 10.4 Å². The minimum absolute atomic E-state index is 0.117. The number of carbonyl (C=O) groups is 1. The average Bonchev–Trinajstić information content (AvgIpc) is 3.20. The lowest BCUT2D eigenvalue weighted by Gasteiger charge is -2.27. The van der Waals surface area contributed by atoms with Crippen LogP contribution in [0.1, 0.15) is 39.2 Å². The predicted molar refractivity (Wildman–Crippen MR) is 89.2 cm³/mol. The summed E-state index contributed by atoms with van der Waals surface area (Å²) in [6.07, 6.45) is 2.04. The number of hydrogen-bond donors (Lipinski definition) is 2. The fourth-order valence-electron chi connectivity index (χ4n) is 2.90. The van der Waals surface area contributed by atoms with E-state index in [9.17, 15) is 9.90 Å². The van der Waals surface area contributed by atoms with E-state index in [1.807, 2.05) is 49.6 Å². The molecule has 1 unspecified atom stereocenters. The zero-order chi connectivity index (χ0) is 15.7. The van der Waals surface area contributed by atoms with Crippen LogP contribution < -0.4 is 5.32 Å². The van der Waals surface area contributed by atoms with Gasteiger partial charge in [-0.15, -0.1) is 11.3 Å². The van der Waals surface area contributed by atoms with E-state index in [4.69, 9.17) is 0 Å². The van der Waals surface area contributed by atoms with Crippen molar-refractivity contribution in [2.75, 3.05) is 6.54 Å². The summed E-state index contributed by atoms with van der Waals surface area (Å²) in [4.78, 5) is 13.4. The van der Waals surface area contributed by atoms with Gasteiger partial charge in [0.15, 0.2) is 0 Å². The van der Waals surface area contributed by atoms with Crippen LogP contribution in [-0.2, 0) is 5.60 Å². The van der Waals surface area contributed by atoms with E-state index in [-0.39, 0.29) is 18.4 Å². The number of amides is 1. The Hall–Kier alpha value is -1.65. The summed E-state index contributed by atoms with van der Waals surface area (Å²) in [7, 11) is 0. The lowest BCUT2D eigenvalue weighted by molar-refractivity contribution is 0.0169. The third-order valence-corrected chi connectivity index (χ3v) is 5.38. The first-order chi connectivity index (χ1) is 10.5. The molecule has 0 saturated heterocycles. The summed E-state index contributed by atoms with van der Waals surface area (Å²) < 4.78 is 0. The van der Waals surface area contributed by atoms with Gasteiger partial charge in [-0.2, -0.15) is 0 Å². The summed E-state index contributed by atoms with van der Waals surface area (Å²) in [6, 6.07) is 9.68. The fraction of sp³-hybridized carbons (Fsp3) is 0.389. The third-order valence-electron chi connectivity index (χ3n) is 4.35. The SMILES string of the molecule is Cc1ccc(C(=O)NCC(O)(c2cccs2)C2CC2)c(C)c1. The van der Waals surface area contributed by atoms with Crippen LogP contribution in [0.4, 0.5) is 0 Å². The number of carbonyl (C=O) groups excluding carboxylic acids is 1. The number of thiophene rings is 1. The Morgan fingerprint density at radius 2 is 2.14 bits per heavy atom. The second kappa shape index (κ2) is 5.86. The molecule has 3 nitrogen and oxygen atoms in total. The number of rotatable bonds is 5. The molecule has 1 atom stereocenters. The van der Waals surface area contributed by atoms with E-state index in [2.05, 4.69) is 5.32 Å². The maximum atomic E-state index is 12.4. The highest BCUT2D eigenvalue weighted by atomic mass is 32.1. The molecule has 2 N–H and O–H groups in total. The number of aliphatic hydroxyl groups is 1. The molecule has 1 amide bonds. The Morgan fingerprint density at radius 3 is 2.73 bits per heavy atom. The molecule has 1 aromatic heterocycles. The quantitative estimate of drug-likeness (QED) is 0.888. The van der Waals surface area contributed by atoms with Crippen LogP contribution in [0.15, 0.2) is 35.7 Å². The lowest BCUT2D eigenvalue weighted by Crippen LogP contribution is -2.42. The first kappa shape index (κ1) is 15.3. The van der Waals surface area contributed by atoms with Crippen molar-refractivity contribution in [2.24, 2.45) is 5.92 Å². The highest BCUT2D eigenvalue weighted by Crippen LogP contribution is 2.46. The predicted octanol–water partition coefficient (Wildman–Crippen LogP) is 3.39. The average molecular weight is 315 g/mol. The molecule has 0 aliphatic heterocycles. The topological polar surface area (TPSA) is 49.3 Å². The smallest absolute Gasteiger partial charge is 0.251 e. The molecule has 1 fully saturated rings. The monoisotopic (exact) mass is 315 g/mol. The van der Waals surface area contributed by atoms with Crippen molar-refractivity contribution in [2.45, 2.75) is 32.3 Å². The van der Waals surface area contributed by atoms with Crippen molar-refractivity contribution >= 4 is 17.2 Å². The second-order valence-corrected chi connectivity index (χ2v) is 7.12. The largest absolute Gasteiger partial charge is 0.382 e. The van der Waals surface area contributed by atoms with Gasteiger partial charge in [0.1, 0.15) is 5.60 Å². The Labute approximate surface area is 135 Å². The van der Waals surface area contributed by atoms with Gasteiger partial charge in [0.05, 0.1) is 6.54 Å². The standard InChI is InChI=1S/C18H21NO2S/c1-12-5-8-15(13(2)10-12)17(20)19-11-18(21,14-6-7-14)16-4-3-9-22-16/h3-5,8-10,14,21H,6-7,11H2,1-2H3,(H,19,20). The van der Waals surface area contributed by atoms with Crippen molar-refractivity contribution in [1.29, 1.82) is 0 Å². The van der Waals surface area contributed by atoms with Crippen LogP contribution in [0.2, 0.25) is 0 Å². The molecule has 1 heterocycles. The van der Waals surface area contributed by atoms with Crippen LogP contribution in [0, 0.1) is 19.8 Å². The highest BCUT2D eigenvalue weighted by molar-refractivity contribution is 7.10. The first-order valence-electron chi connectivity index (χ1n) is 7.62. The maximum absolute atomic E-state index is 12.4. The van der Waals surface area contributed by atoms with Crippen molar-refractivity contribution in [3.8, 4) is 0 Å². The minimum atomic E-state index is -0.928. The molecular weight excluding hydrogens is 294 g/mol. The summed E-state index contributed by atoms with van der Waals surface area (Å²) in [5, 5.41) is 15.9. The number of hydrogen-bond acceptors (Lipinski definition) is 3. The van der Waals surface area contributed by atoms with E-state index in [1.165, 1.54) is 0 Å². The molecule has 116 valence electrons. The zero-order valence-electron chi connectivity index (χ0n) is 12.9. The summed E-state index contributed by atoms with van der Waals surface area (Å²) >= 11 is 1.55. The van der Waals surface area contributed by atoms with Crippen LogP contribution in [0.5, 0.6) is 0 Å². The number of benzene rings is 1.